The molecule has 0 bridgehead atoms. The smallest absolute Gasteiger partial charge is 0.228 e. The van der Waals surface area contributed by atoms with E-state index in [1.54, 1.807) is 36.4 Å². The maximum absolute atomic E-state index is 12.7. The number of halogens is 1. The van der Waals surface area contributed by atoms with Crippen molar-refractivity contribution in [1.29, 1.82) is 5.26 Å². The van der Waals surface area contributed by atoms with Gasteiger partial charge in [-0.25, -0.2) is 4.39 Å². The van der Waals surface area contributed by atoms with Gasteiger partial charge in [0.25, 0.3) is 0 Å². The Morgan fingerprint density at radius 1 is 1.16 bits per heavy atom. The van der Waals surface area contributed by atoms with E-state index in [1.165, 1.54) is 12.1 Å². The van der Waals surface area contributed by atoms with E-state index >= 15 is 0 Å². The first-order chi connectivity index (χ1) is 9.19. The Morgan fingerprint density at radius 3 is 2.53 bits per heavy atom. The number of hydrogen-bond acceptors (Lipinski definition) is 2. The highest BCUT2D eigenvalue weighted by atomic mass is 19.1. The molecule has 0 saturated heterocycles. The summed E-state index contributed by atoms with van der Waals surface area (Å²) in [6.45, 7) is 0. The molecule has 0 aromatic heterocycles. The minimum Gasteiger partial charge on any atom is -0.325 e. The van der Waals surface area contributed by atoms with Crippen molar-refractivity contribution in [3.8, 4) is 6.07 Å². The molecule has 0 unspecified atom stereocenters. The Kier molecular flexibility index (Phi) is 3.89. The van der Waals surface area contributed by atoms with Gasteiger partial charge < -0.3 is 5.32 Å². The quantitative estimate of drug-likeness (QED) is 0.915. The lowest BCUT2D eigenvalue weighted by molar-refractivity contribution is -0.115. The number of anilines is 1. The maximum Gasteiger partial charge on any atom is 0.228 e. The summed E-state index contributed by atoms with van der Waals surface area (Å²) in [5.41, 5.74) is 1.61. The van der Waals surface area contributed by atoms with Crippen LogP contribution in [0.5, 0.6) is 0 Å². The number of carbonyl (C=O) groups excluding carboxylic acids is 1. The lowest BCUT2D eigenvalue weighted by Crippen LogP contribution is -2.15. The van der Waals surface area contributed by atoms with E-state index < -0.39 is 0 Å². The minimum atomic E-state index is -0.334. The third-order valence-corrected chi connectivity index (χ3v) is 2.60. The topological polar surface area (TPSA) is 52.9 Å². The van der Waals surface area contributed by atoms with Gasteiger partial charge in [-0.1, -0.05) is 24.3 Å². The van der Waals surface area contributed by atoms with Gasteiger partial charge >= 0.3 is 0 Å². The number of nitrogens with one attached hydrogen (secondary N) is 1. The van der Waals surface area contributed by atoms with Gasteiger partial charge in [0.1, 0.15) is 11.9 Å². The number of nitriles is 1. The number of hydrogen-bond donors (Lipinski definition) is 1. The highest BCUT2D eigenvalue weighted by Gasteiger charge is 2.07. The molecule has 3 nitrogen and oxygen atoms in total. The van der Waals surface area contributed by atoms with Crippen LogP contribution < -0.4 is 5.32 Å². The van der Waals surface area contributed by atoms with Crippen LogP contribution in [0.15, 0.2) is 48.5 Å². The third-order valence-electron chi connectivity index (χ3n) is 2.60. The molecule has 19 heavy (non-hydrogen) atoms. The van der Waals surface area contributed by atoms with Crippen molar-refractivity contribution in [3.63, 3.8) is 0 Å². The molecule has 94 valence electrons. The van der Waals surface area contributed by atoms with E-state index in [4.69, 9.17) is 5.26 Å². The Hall–Kier alpha value is -2.67. The normalized spacial score (nSPS) is 9.68. The molecule has 1 N–H and O–H groups in total. The summed E-state index contributed by atoms with van der Waals surface area (Å²) in [5.74, 6) is -0.576. The van der Waals surface area contributed by atoms with Gasteiger partial charge in [0.15, 0.2) is 0 Å². The Bertz CT molecular complexity index is 629. The molecule has 1 amide bonds. The van der Waals surface area contributed by atoms with Gasteiger partial charge in [0, 0.05) is 0 Å². The molecular weight excluding hydrogens is 243 g/mol. The van der Waals surface area contributed by atoms with Crippen molar-refractivity contribution in [3.05, 3.63) is 65.5 Å². The highest BCUT2D eigenvalue weighted by molar-refractivity contribution is 5.93. The fourth-order valence-electron chi connectivity index (χ4n) is 1.67. The van der Waals surface area contributed by atoms with Gasteiger partial charge in [0.2, 0.25) is 5.91 Å². The molecule has 0 spiro atoms. The third kappa shape index (κ3) is 3.39. The van der Waals surface area contributed by atoms with Crippen LogP contribution in [0.2, 0.25) is 0 Å². The molecule has 0 fully saturated rings. The van der Waals surface area contributed by atoms with Crippen molar-refractivity contribution in [1.82, 2.24) is 0 Å². The summed E-state index contributed by atoms with van der Waals surface area (Å²) in [4.78, 5) is 11.8. The lowest BCUT2D eigenvalue weighted by Gasteiger charge is -2.06. The summed E-state index contributed by atoms with van der Waals surface area (Å²) in [5, 5.41) is 11.6. The van der Waals surface area contributed by atoms with Gasteiger partial charge in [-0.05, 0) is 29.8 Å². The second kappa shape index (κ2) is 5.78. The maximum atomic E-state index is 12.7. The molecule has 0 aliphatic rings. The molecule has 0 heterocycles. The van der Waals surface area contributed by atoms with Crippen LogP contribution in [0.3, 0.4) is 0 Å². The summed E-state index contributed by atoms with van der Waals surface area (Å²) in [6.07, 6.45) is 0.139. The predicted octanol–water partition coefficient (Wildman–Crippen LogP) is 2.88. The van der Waals surface area contributed by atoms with Crippen LogP contribution >= 0.6 is 0 Å². The molecule has 0 aliphatic heterocycles. The average Bonchev–Trinajstić information content (AvgIpc) is 2.42. The Balaban J connectivity index is 2.06. The van der Waals surface area contributed by atoms with E-state index in [0.29, 0.717) is 16.8 Å². The average molecular weight is 254 g/mol. The van der Waals surface area contributed by atoms with E-state index in [0.717, 1.165) is 0 Å². The zero-order chi connectivity index (χ0) is 13.7. The fraction of sp³-hybridized carbons (Fsp3) is 0.0667. The monoisotopic (exact) mass is 254 g/mol. The van der Waals surface area contributed by atoms with Crippen LogP contribution in [-0.4, -0.2) is 5.91 Å². The van der Waals surface area contributed by atoms with Gasteiger partial charge in [-0.2, -0.15) is 5.26 Å². The number of rotatable bonds is 3. The van der Waals surface area contributed by atoms with E-state index in [1.807, 2.05) is 6.07 Å². The van der Waals surface area contributed by atoms with Gasteiger partial charge in [-0.3, -0.25) is 4.79 Å². The van der Waals surface area contributed by atoms with Crippen molar-refractivity contribution in [2.45, 2.75) is 6.42 Å². The zero-order valence-electron chi connectivity index (χ0n) is 10.1. The highest BCUT2D eigenvalue weighted by Crippen LogP contribution is 2.14. The van der Waals surface area contributed by atoms with Crippen LogP contribution in [0.4, 0.5) is 10.1 Å². The molecule has 4 heteroatoms. The molecule has 2 aromatic rings. The lowest BCUT2D eigenvalue weighted by atomic mass is 10.1. The van der Waals surface area contributed by atoms with Gasteiger partial charge in [0.05, 0.1) is 17.7 Å². The van der Waals surface area contributed by atoms with E-state index in [2.05, 4.69) is 5.32 Å². The summed E-state index contributed by atoms with van der Waals surface area (Å²) in [6, 6.07) is 14.5. The number of para-hydroxylation sites is 1. The van der Waals surface area contributed by atoms with E-state index in [9.17, 15) is 9.18 Å². The van der Waals surface area contributed by atoms with Crippen molar-refractivity contribution < 1.29 is 9.18 Å². The molecule has 0 atom stereocenters. The number of carbonyl (C=O) groups is 1. The molecule has 0 aliphatic carbocycles. The number of benzene rings is 2. The van der Waals surface area contributed by atoms with Gasteiger partial charge in [-0.15, -0.1) is 0 Å². The predicted molar refractivity (Wildman–Crippen MR) is 69.9 cm³/mol. The van der Waals surface area contributed by atoms with Crippen molar-refractivity contribution in [2.75, 3.05) is 5.32 Å². The number of nitrogens with zero attached hydrogens (tertiary/aromatic N) is 1. The summed E-state index contributed by atoms with van der Waals surface area (Å²) >= 11 is 0. The molecular formula is C15H11FN2O. The molecule has 2 rings (SSSR count). The summed E-state index contributed by atoms with van der Waals surface area (Å²) < 4.78 is 12.7. The van der Waals surface area contributed by atoms with Crippen LogP contribution in [0.25, 0.3) is 0 Å². The van der Waals surface area contributed by atoms with E-state index in [-0.39, 0.29) is 18.1 Å². The second-order valence-corrected chi connectivity index (χ2v) is 4.01. The van der Waals surface area contributed by atoms with Crippen LogP contribution in [-0.2, 0) is 11.2 Å². The zero-order valence-corrected chi connectivity index (χ0v) is 10.1. The Morgan fingerprint density at radius 2 is 1.84 bits per heavy atom. The molecule has 2 aromatic carbocycles. The Labute approximate surface area is 110 Å². The number of amides is 1. The van der Waals surface area contributed by atoms with Crippen molar-refractivity contribution in [2.24, 2.45) is 0 Å². The SMILES string of the molecule is N#Cc1ccccc1NC(=O)Cc1ccc(F)cc1. The first kappa shape index (κ1) is 12.8. The first-order valence-electron chi connectivity index (χ1n) is 5.72. The van der Waals surface area contributed by atoms with Crippen molar-refractivity contribution >= 4 is 11.6 Å². The van der Waals surface area contributed by atoms with Crippen LogP contribution in [0.1, 0.15) is 11.1 Å². The largest absolute Gasteiger partial charge is 0.325 e. The first-order valence-corrected chi connectivity index (χ1v) is 5.72. The standard InChI is InChI=1S/C15H11FN2O/c16-13-7-5-11(6-8-13)9-15(19)18-14-4-2-1-3-12(14)10-17/h1-8H,9H2,(H,18,19). The molecule has 0 radical (unpaired) electrons. The molecule has 0 saturated carbocycles. The second-order valence-electron chi connectivity index (χ2n) is 4.01. The summed E-state index contributed by atoms with van der Waals surface area (Å²) in [7, 11) is 0. The minimum absolute atomic E-state index is 0.139. The van der Waals surface area contributed by atoms with Crippen LogP contribution in [0, 0.1) is 17.1 Å². The fourth-order valence-corrected chi connectivity index (χ4v) is 1.67.